The molecule has 1 heterocycles. The molecule has 0 unspecified atom stereocenters. The van der Waals surface area contributed by atoms with Crippen molar-refractivity contribution in [2.45, 2.75) is 0 Å². The summed E-state index contributed by atoms with van der Waals surface area (Å²) in [7, 11) is 0. The van der Waals surface area contributed by atoms with E-state index in [9.17, 15) is 4.79 Å². The Kier molecular flexibility index (Phi) is 3.66. The van der Waals surface area contributed by atoms with Crippen LogP contribution >= 0.6 is 38.5 Å². The predicted octanol–water partition coefficient (Wildman–Crippen LogP) is 2.76. The average Bonchev–Trinajstić information content (AvgIpc) is 2.16. The third-order valence-corrected chi connectivity index (χ3v) is 4.12. The van der Waals surface area contributed by atoms with Crippen molar-refractivity contribution in [2.75, 3.05) is 18.4 Å². The van der Waals surface area contributed by atoms with Crippen molar-refractivity contribution >= 4 is 44.4 Å². The van der Waals surface area contributed by atoms with Crippen LogP contribution in [0.5, 0.6) is 0 Å². The number of hydrogen-bond donors (Lipinski definition) is 0. The Morgan fingerprint density at radius 1 is 1.53 bits per heavy atom. The van der Waals surface area contributed by atoms with Gasteiger partial charge in [-0.3, -0.25) is 4.79 Å². The van der Waals surface area contributed by atoms with Crippen molar-refractivity contribution in [1.29, 1.82) is 0 Å². The van der Waals surface area contributed by atoms with Crippen LogP contribution in [0.25, 0.3) is 0 Å². The van der Waals surface area contributed by atoms with Gasteiger partial charge in [0.1, 0.15) is 0 Å². The lowest BCUT2D eigenvalue weighted by atomic mass is 10.0. The molecule has 2 nitrogen and oxygen atoms in total. The Balaban J connectivity index is 2.03. The third-order valence-electron chi connectivity index (χ3n) is 2.53. The summed E-state index contributed by atoms with van der Waals surface area (Å²) in [6.07, 6.45) is 0. The second kappa shape index (κ2) is 4.82. The molecule has 1 aliphatic heterocycles. The maximum atomic E-state index is 11.9. The summed E-state index contributed by atoms with van der Waals surface area (Å²) >= 11 is 5.66. The molecule has 1 saturated heterocycles. The van der Waals surface area contributed by atoms with E-state index >= 15 is 0 Å². The molecular weight excluding hydrogens is 369 g/mol. The lowest BCUT2D eigenvalue weighted by molar-refractivity contribution is 0.0539. The largest absolute Gasteiger partial charge is 0.338 e. The van der Waals surface area contributed by atoms with Gasteiger partial charge in [-0.05, 0) is 40.8 Å². The van der Waals surface area contributed by atoms with Gasteiger partial charge >= 0.3 is 0 Å². The minimum Gasteiger partial charge on any atom is -0.338 e. The first kappa shape index (κ1) is 11.4. The highest BCUT2D eigenvalue weighted by atomic mass is 127. The molecule has 1 fully saturated rings. The molecule has 2 rings (SSSR count). The van der Waals surface area contributed by atoms with E-state index in [1.807, 2.05) is 29.2 Å². The fourth-order valence-electron chi connectivity index (χ4n) is 1.64. The Hall–Kier alpha value is -0.100. The fourth-order valence-corrected chi connectivity index (χ4v) is 2.59. The van der Waals surface area contributed by atoms with E-state index in [0.29, 0.717) is 5.92 Å². The van der Waals surface area contributed by atoms with Gasteiger partial charge in [-0.25, -0.2) is 0 Å². The molecule has 4 heteroatoms. The number of nitrogens with zero attached hydrogens (tertiary/aromatic N) is 1. The van der Waals surface area contributed by atoms with Gasteiger partial charge < -0.3 is 4.90 Å². The fraction of sp³-hybridized carbons (Fsp3) is 0.364. The van der Waals surface area contributed by atoms with Gasteiger partial charge in [0.05, 0.1) is 0 Å². The van der Waals surface area contributed by atoms with Crippen LogP contribution in [0.15, 0.2) is 24.3 Å². The monoisotopic (exact) mass is 379 g/mol. The maximum Gasteiger partial charge on any atom is 0.253 e. The summed E-state index contributed by atoms with van der Waals surface area (Å²) in [5, 5.41) is 0.989. The molecule has 80 valence electrons. The van der Waals surface area contributed by atoms with E-state index < -0.39 is 0 Å². The van der Waals surface area contributed by atoms with Gasteiger partial charge in [0, 0.05) is 33.5 Å². The number of rotatable bonds is 2. The standard InChI is InChI=1S/C11H11BrINO/c12-5-8-6-14(7-8)11(15)9-2-1-3-10(13)4-9/h1-4,8H,5-7H2. The predicted molar refractivity (Wildman–Crippen MR) is 72.3 cm³/mol. The topological polar surface area (TPSA) is 20.3 Å². The highest BCUT2D eigenvalue weighted by molar-refractivity contribution is 14.1. The number of carbonyl (C=O) groups is 1. The molecule has 0 saturated carbocycles. The number of alkyl halides is 1. The van der Waals surface area contributed by atoms with Crippen LogP contribution in [0, 0.1) is 9.49 Å². The van der Waals surface area contributed by atoms with E-state index in [1.54, 1.807) is 0 Å². The van der Waals surface area contributed by atoms with Crippen LogP contribution in [0.4, 0.5) is 0 Å². The Labute approximate surface area is 111 Å². The molecule has 0 aromatic heterocycles. The maximum absolute atomic E-state index is 11.9. The zero-order valence-electron chi connectivity index (χ0n) is 8.12. The summed E-state index contributed by atoms with van der Waals surface area (Å²) in [5.41, 5.74) is 0.801. The summed E-state index contributed by atoms with van der Waals surface area (Å²) in [6.45, 7) is 1.77. The first-order chi connectivity index (χ1) is 7.20. The zero-order valence-corrected chi connectivity index (χ0v) is 11.9. The molecule has 1 aromatic rings. The first-order valence-electron chi connectivity index (χ1n) is 4.81. The normalized spacial score (nSPS) is 16.3. The van der Waals surface area contributed by atoms with Crippen LogP contribution in [0.2, 0.25) is 0 Å². The number of carbonyl (C=O) groups excluding carboxylic acids is 1. The summed E-state index contributed by atoms with van der Waals surface area (Å²) in [4.78, 5) is 13.8. The molecular formula is C11H11BrINO. The Morgan fingerprint density at radius 3 is 2.87 bits per heavy atom. The highest BCUT2D eigenvalue weighted by Gasteiger charge is 2.30. The van der Waals surface area contributed by atoms with E-state index in [1.165, 1.54) is 0 Å². The van der Waals surface area contributed by atoms with Gasteiger partial charge in [-0.15, -0.1) is 0 Å². The van der Waals surface area contributed by atoms with Crippen molar-refractivity contribution in [3.63, 3.8) is 0 Å². The molecule has 15 heavy (non-hydrogen) atoms. The quantitative estimate of drug-likeness (QED) is 0.571. The van der Waals surface area contributed by atoms with Crippen LogP contribution in [-0.2, 0) is 0 Å². The van der Waals surface area contributed by atoms with Crippen LogP contribution < -0.4 is 0 Å². The molecule has 0 N–H and O–H groups in total. The SMILES string of the molecule is O=C(c1cccc(I)c1)N1CC(CBr)C1. The van der Waals surface area contributed by atoms with E-state index in [0.717, 1.165) is 27.6 Å². The number of amides is 1. The Bertz CT molecular complexity index is 377. The van der Waals surface area contributed by atoms with Crippen molar-refractivity contribution in [3.05, 3.63) is 33.4 Å². The summed E-state index contributed by atoms with van der Waals surface area (Å²) in [5.74, 6) is 0.794. The molecule has 0 aliphatic carbocycles. The number of hydrogen-bond acceptors (Lipinski definition) is 1. The Morgan fingerprint density at radius 2 is 2.27 bits per heavy atom. The molecule has 0 radical (unpaired) electrons. The molecule has 1 aliphatic rings. The minimum absolute atomic E-state index is 0.158. The van der Waals surface area contributed by atoms with Crippen molar-refractivity contribution < 1.29 is 4.79 Å². The first-order valence-corrected chi connectivity index (χ1v) is 7.01. The molecule has 1 amide bonds. The second-order valence-corrected chi connectivity index (χ2v) is 5.63. The lowest BCUT2D eigenvalue weighted by Gasteiger charge is -2.38. The zero-order chi connectivity index (χ0) is 10.8. The summed E-state index contributed by atoms with van der Waals surface area (Å²) < 4.78 is 1.11. The van der Waals surface area contributed by atoms with Crippen LogP contribution in [0.3, 0.4) is 0 Å². The third kappa shape index (κ3) is 2.53. The minimum atomic E-state index is 0.158. The summed E-state index contributed by atoms with van der Waals surface area (Å²) in [6, 6.07) is 7.74. The molecule has 0 spiro atoms. The van der Waals surface area contributed by atoms with Gasteiger partial charge in [-0.2, -0.15) is 0 Å². The highest BCUT2D eigenvalue weighted by Crippen LogP contribution is 2.20. The average molecular weight is 380 g/mol. The van der Waals surface area contributed by atoms with E-state index in [4.69, 9.17) is 0 Å². The van der Waals surface area contributed by atoms with E-state index in [2.05, 4.69) is 38.5 Å². The number of halogens is 2. The van der Waals surface area contributed by atoms with Gasteiger partial charge in [0.2, 0.25) is 0 Å². The van der Waals surface area contributed by atoms with Crippen LogP contribution in [0.1, 0.15) is 10.4 Å². The van der Waals surface area contributed by atoms with E-state index in [-0.39, 0.29) is 5.91 Å². The van der Waals surface area contributed by atoms with Gasteiger partial charge in [-0.1, -0.05) is 22.0 Å². The van der Waals surface area contributed by atoms with Crippen molar-refractivity contribution in [2.24, 2.45) is 5.92 Å². The van der Waals surface area contributed by atoms with Crippen LogP contribution in [-0.4, -0.2) is 29.2 Å². The van der Waals surface area contributed by atoms with Crippen molar-refractivity contribution in [1.82, 2.24) is 4.90 Å². The van der Waals surface area contributed by atoms with Gasteiger partial charge in [0.15, 0.2) is 0 Å². The van der Waals surface area contributed by atoms with Gasteiger partial charge in [0.25, 0.3) is 5.91 Å². The smallest absolute Gasteiger partial charge is 0.253 e. The van der Waals surface area contributed by atoms with Crippen molar-refractivity contribution in [3.8, 4) is 0 Å². The lowest BCUT2D eigenvalue weighted by Crippen LogP contribution is -2.50. The molecule has 0 atom stereocenters. The number of benzene rings is 1. The molecule has 1 aromatic carbocycles. The number of likely N-dealkylation sites (tertiary alicyclic amines) is 1. The molecule has 0 bridgehead atoms. The second-order valence-electron chi connectivity index (χ2n) is 3.74.